The van der Waals surface area contributed by atoms with Gasteiger partial charge in [0.1, 0.15) is 12.7 Å². The molecule has 0 unspecified atom stereocenters. The third-order valence-electron chi connectivity index (χ3n) is 2.24. The Labute approximate surface area is 93.1 Å². The molecule has 0 aromatic carbocycles. The summed E-state index contributed by atoms with van der Waals surface area (Å²) in [6, 6.07) is 0. The van der Waals surface area contributed by atoms with E-state index in [4.69, 9.17) is 0 Å². The zero-order chi connectivity index (χ0) is 12.7. The van der Waals surface area contributed by atoms with E-state index in [0.717, 1.165) is 4.57 Å². The monoisotopic (exact) mass is 233 g/mol. The lowest BCUT2D eigenvalue weighted by Gasteiger charge is -2.22. The Morgan fingerprint density at radius 1 is 1.06 bits per heavy atom. The van der Waals surface area contributed by atoms with Gasteiger partial charge in [-0.1, -0.05) is 0 Å². The van der Waals surface area contributed by atoms with Crippen molar-refractivity contribution in [2.24, 2.45) is 7.05 Å². The van der Waals surface area contributed by atoms with Gasteiger partial charge in [-0.3, -0.25) is 0 Å². The summed E-state index contributed by atoms with van der Waals surface area (Å²) in [4.78, 5) is 0. The molecule has 1 aromatic rings. The van der Waals surface area contributed by atoms with Gasteiger partial charge < -0.3 is 5.32 Å². The van der Waals surface area contributed by atoms with Gasteiger partial charge in [0, 0.05) is 12.5 Å². The van der Waals surface area contributed by atoms with Crippen molar-refractivity contribution < 1.29 is 17.7 Å². The Hall–Kier alpha value is -1.26. The minimum absolute atomic E-state index is 0.0469. The van der Waals surface area contributed by atoms with Crippen molar-refractivity contribution in [1.82, 2.24) is 0 Å². The Morgan fingerprint density at radius 3 is 2.00 bits per heavy atom. The standard InChI is InChI=1S/C11H15F3N2/c1-6-7(12)9(15-11(2,3)4)8(13)10(14)16(6)5/h1-5H3/p+1. The summed E-state index contributed by atoms with van der Waals surface area (Å²) in [5.41, 5.74) is -0.910. The van der Waals surface area contributed by atoms with Crippen molar-refractivity contribution >= 4 is 5.69 Å². The molecular weight excluding hydrogens is 217 g/mol. The number of hydrogen-bond acceptors (Lipinski definition) is 1. The van der Waals surface area contributed by atoms with E-state index >= 15 is 0 Å². The molecule has 16 heavy (non-hydrogen) atoms. The molecule has 0 aliphatic carbocycles. The van der Waals surface area contributed by atoms with E-state index < -0.39 is 28.8 Å². The smallest absolute Gasteiger partial charge is 0.375 e. The Bertz CT molecular complexity index is 393. The lowest BCUT2D eigenvalue weighted by atomic mass is 10.1. The predicted molar refractivity (Wildman–Crippen MR) is 55.6 cm³/mol. The SMILES string of the molecule is Cc1c(F)c(NC(C)(C)C)c(F)c(F)[n+]1C. The van der Waals surface area contributed by atoms with Gasteiger partial charge in [-0.25, -0.2) is 0 Å². The van der Waals surface area contributed by atoms with E-state index in [9.17, 15) is 13.2 Å². The number of hydrogen-bond donors (Lipinski definition) is 1. The van der Waals surface area contributed by atoms with E-state index in [1.54, 1.807) is 20.8 Å². The highest BCUT2D eigenvalue weighted by atomic mass is 19.2. The maximum absolute atomic E-state index is 13.7. The second kappa shape index (κ2) is 3.96. The lowest BCUT2D eigenvalue weighted by molar-refractivity contribution is -0.709. The van der Waals surface area contributed by atoms with Crippen LogP contribution in [0.25, 0.3) is 0 Å². The molecular formula is C11H16F3N2+. The summed E-state index contributed by atoms with van der Waals surface area (Å²) < 4.78 is 41.5. The minimum atomic E-state index is -1.19. The summed E-state index contributed by atoms with van der Waals surface area (Å²) in [5.74, 6) is -3.04. The fraction of sp³-hybridized carbons (Fsp3) is 0.545. The van der Waals surface area contributed by atoms with Crippen LogP contribution in [0.3, 0.4) is 0 Å². The Morgan fingerprint density at radius 2 is 1.56 bits per heavy atom. The molecule has 5 heteroatoms. The second-order valence-corrected chi connectivity index (χ2v) is 4.81. The molecule has 1 rings (SSSR count). The molecule has 1 N–H and O–H groups in total. The highest BCUT2D eigenvalue weighted by molar-refractivity contribution is 5.47. The van der Waals surface area contributed by atoms with Crippen LogP contribution in [0.1, 0.15) is 26.5 Å². The summed E-state index contributed by atoms with van der Waals surface area (Å²) in [6.07, 6.45) is 0. The number of nitrogens with one attached hydrogen (secondary N) is 1. The molecule has 0 saturated heterocycles. The quantitative estimate of drug-likeness (QED) is 0.582. The summed E-state index contributed by atoms with van der Waals surface area (Å²) in [6.45, 7) is 6.62. The van der Waals surface area contributed by atoms with Crippen LogP contribution in [0.2, 0.25) is 0 Å². The van der Waals surface area contributed by atoms with Crippen molar-refractivity contribution in [3.05, 3.63) is 23.3 Å². The zero-order valence-electron chi connectivity index (χ0n) is 10.1. The van der Waals surface area contributed by atoms with E-state index in [1.165, 1.54) is 14.0 Å². The number of rotatable bonds is 1. The van der Waals surface area contributed by atoms with Crippen LogP contribution in [0.15, 0.2) is 0 Å². The number of pyridine rings is 1. The Balaban J connectivity index is 3.40. The summed E-state index contributed by atoms with van der Waals surface area (Å²) in [7, 11) is 1.28. The molecule has 0 aliphatic heterocycles. The first-order valence-corrected chi connectivity index (χ1v) is 4.96. The highest BCUT2D eigenvalue weighted by Crippen LogP contribution is 2.24. The molecule has 90 valence electrons. The van der Waals surface area contributed by atoms with Crippen molar-refractivity contribution in [2.75, 3.05) is 5.32 Å². The molecule has 0 amide bonds. The summed E-state index contributed by atoms with van der Waals surface area (Å²) in [5, 5.41) is 2.62. The molecule has 0 radical (unpaired) electrons. The van der Waals surface area contributed by atoms with Gasteiger partial charge in [-0.05, 0) is 20.8 Å². The molecule has 0 atom stereocenters. The number of aromatic nitrogens is 1. The summed E-state index contributed by atoms with van der Waals surface area (Å²) >= 11 is 0. The maximum atomic E-state index is 13.7. The number of nitrogens with zero attached hydrogens (tertiary/aromatic N) is 1. The van der Waals surface area contributed by atoms with Gasteiger partial charge in [0.25, 0.3) is 5.82 Å². The largest absolute Gasteiger partial charge is 0.398 e. The van der Waals surface area contributed by atoms with Gasteiger partial charge in [0.05, 0.1) is 0 Å². The third kappa shape index (κ3) is 2.28. The zero-order valence-corrected chi connectivity index (χ0v) is 10.1. The van der Waals surface area contributed by atoms with Crippen molar-refractivity contribution in [3.63, 3.8) is 0 Å². The van der Waals surface area contributed by atoms with Crippen LogP contribution in [0.5, 0.6) is 0 Å². The third-order valence-corrected chi connectivity index (χ3v) is 2.24. The Kier molecular flexibility index (Phi) is 3.17. The topological polar surface area (TPSA) is 15.9 Å². The number of anilines is 1. The van der Waals surface area contributed by atoms with Crippen LogP contribution in [-0.2, 0) is 7.05 Å². The molecule has 0 aliphatic rings. The van der Waals surface area contributed by atoms with Crippen LogP contribution < -0.4 is 9.88 Å². The van der Waals surface area contributed by atoms with Crippen LogP contribution in [0.4, 0.5) is 18.9 Å². The second-order valence-electron chi connectivity index (χ2n) is 4.81. The lowest BCUT2D eigenvalue weighted by Crippen LogP contribution is -2.40. The van der Waals surface area contributed by atoms with Crippen molar-refractivity contribution in [2.45, 2.75) is 33.2 Å². The van der Waals surface area contributed by atoms with Crippen LogP contribution in [0, 0.1) is 24.5 Å². The van der Waals surface area contributed by atoms with Crippen LogP contribution >= 0.6 is 0 Å². The molecule has 1 aromatic heterocycles. The number of halogens is 3. The molecule has 0 saturated carbocycles. The average molecular weight is 233 g/mol. The fourth-order valence-electron chi connectivity index (χ4n) is 1.31. The minimum Gasteiger partial charge on any atom is -0.375 e. The van der Waals surface area contributed by atoms with Gasteiger partial charge >= 0.3 is 5.95 Å². The molecule has 0 bridgehead atoms. The van der Waals surface area contributed by atoms with E-state index in [1.807, 2.05) is 0 Å². The van der Waals surface area contributed by atoms with Gasteiger partial charge in [0.15, 0.2) is 0 Å². The molecule has 0 spiro atoms. The van der Waals surface area contributed by atoms with E-state index in [0.29, 0.717) is 0 Å². The average Bonchev–Trinajstić information content (AvgIpc) is 2.17. The molecule has 0 fully saturated rings. The highest BCUT2D eigenvalue weighted by Gasteiger charge is 2.29. The van der Waals surface area contributed by atoms with Gasteiger partial charge in [0.2, 0.25) is 11.5 Å². The first-order chi connectivity index (χ1) is 7.15. The molecule has 1 heterocycles. The fourth-order valence-corrected chi connectivity index (χ4v) is 1.31. The first kappa shape index (κ1) is 12.8. The van der Waals surface area contributed by atoms with E-state index in [2.05, 4.69) is 5.32 Å². The molecule has 2 nitrogen and oxygen atoms in total. The van der Waals surface area contributed by atoms with Crippen molar-refractivity contribution in [1.29, 1.82) is 0 Å². The maximum Gasteiger partial charge on any atom is 0.398 e. The normalized spacial score (nSPS) is 11.8. The van der Waals surface area contributed by atoms with E-state index in [-0.39, 0.29) is 5.69 Å². The predicted octanol–water partition coefficient (Wildman–Crippen LogP) is 2.45. The van der Waals surface area contributed by atoms with Gasteiger partial charge in [-0.15, -0.1) is 4.39 Å². The van der Waals surface area contributed by atoms with Crippen LogP contribution in [-0.4, -0.2) is 5.54 Å². The van der Waals surface area contributed by atoms with Gasteiger partial charge in [-0.2, -0.15) is 13.3 Å². The van der Waals surface area contributed by atoms with Crippen molar-refractivity contribution in [3.8, 4) is 0 Å². The first-order valence-electron chi connectivity index (χ1n) is 4.96.